The topological polar surface area (TPSA) is 51.0 Å². The number of hydrogen-bond acceptors (Lipinski definition) is 4. The van der Waals surface area contributed by atoms with Crippen LogP contribution in [0, 0.1) is 6.92 Å². The summed E-state index contributed by atoms with van der Waals surface area (Å²) in [5.74, 6) is 0.00178. The summed E-state index contributed by atoms with van der Waals surface area (Å²) in [6.07, 6.45) is 6.64. The number of carbonyl (C=O) groups is 1. The van der Waals surface area contributed by atoms with Crippen LogP contribution in [-0.4, -0.2) is 27.0 Å². The number of hydrogen-bond donors (Lipinski definition) is 0. The third-order valence-corrected chi connectivity index (χ3v) is 7.90. The van der Waals surface area contributed by atoms with Crippen LogP contribution < -0.4 is 4.90 Å². The van der Waals surface area contributed by atoms with Gasteiger partial charge in [-0.05, 0) is 36.1 Å². The maximum absolute atomic E-state index is 14.0. The number of benzene rings is 3. The van der Waals surface area contributed by atoms with Gasteiger partial charge in [0, 0.05) is 37.8 Å². The molecule has 190 valence electrons. The minimum absolute atomic E-state index is 0. The van der Waals surface area contributed by atoms with Gasteiger partial charge in [-0.15, -0.1) is 12.4 Å². The number of halogens is 2. The van der Waals surface area contributed by atoms with Crippen molar-refractivity contribution in [2.45, 2.75) is 32.2 Å². The van der Waals surface area contributed by atoms with E-state index in [2.05, 4.69) is 29.2 Å². The van der Waals surface area contributed by atoms with Gasteiger partial charge in [-0.25, -0.2) is 9.97 Å². The Balaban J connectivity index is 0.00000320. The SMILES string of the molecule is Cc1ccc(Cl)c2sc(N(CCCn3ccnc3)C(=O)CC(c3ccccc3)c3ccccc3)nc12.Cl. The van der Waals surface area contributed by atoms with Gasteiger partial charge in [0.1, 0.15) is 0 Å². The van der Waals surface area contributed by atoms with E-state index >= 15 is 0 Å². The minimum atomic E-state index is -0.0456. The monoisotopic (exact) mass is 550 g/mol. The number of amides is 1. The van der Waals surface area contributed by atoms with Crippen LogP contribution in [0.4, 0.5) is 5.13 Å². The van der Waals surface area contributed by atoms with Crippen LogP contribution >= 0.6 is 35.3 Å². The van der Waals surface area contributed by atoms with Crippen molar-refractivity contribution in [2.24, 2.45) is 0 Å². The number of rotatable bonds is 9. The van der Waals surface area contributed by atoms with Crippen molar-refractivity contribution in [3.05, 3.63) is 113 Å². The van der Waals surface area contributed by atoms with E-state index in [9.17, 15) is 4.79 Å². The second-order valence-electron chi connectivity index (χ2n) is 8.82. The van der Waals surface area contributed by atoms with E-state index in [1.165, 1.54) is 11.3 Å². The van der Waals surface area contributed by atoms with Crippen LogP contribution in [0.1, 0.15) is 35.4 Å². The molecular weight excluding hydrogens is 523 g/mol. The summed E-state index contributed by atoms with van der Waals surface area (Å²) >= 11 is 7.98. The van der Waals surface area contributed by atoms with E-state index in [1.54, 1.807) is 12.5 Å². The Morgan fingerprint density at radius 1 is 1.03 bits per heavy atom. The predicted octanol–water partition coefficient (Wildman–Crippen LogP) is 7.52. The van der Waals surface area contributed by atoms with Crippen molar-refractivity contribution in [1.82, 2.24) is 14.5 Å². The molecule has 0 fully saturated rings. The van der Waals surface area contributed by atoms with E-state index in [1.807, 2.05) is 71.1 Å². The van der Waals surface area contributed by atoms with Gasteiger partial charge in [0.05, 0.1) is 21.6 Å². The molecular formula is C29H28Cl2N4OS. The maximum atomic E-state index is 14.0. The molecule has 2 heterocycles. The molecule has 8 heteroatoms. The minimum Gasteiger partial charge on any atom is -0.337 e. The van der Waals surface area contributed by atoms with Gasteiger partial charge in [0.2, 0.25) is 5.91 Å². The normalized spacial score (nSPS) is 11.0. The van der Waals surface area contributed by atoms with Gasteiger partial charge in [-0.3, -0.25) is 9.69 Å². The van der Waals surface area contributed by atoms with Crippen molar-refractivity contribution in [3.8, 4) is 0 Å². The molecule has 5 aromatic rings. The lowest BCUT2D eigenvalue weighted by Gasteiger charge is -2.24. The van der Waals surface area contributed by atoms with Crippen molar-refractivity contribution < 1.29 is 4.79 Å². The first-order valence-electron chi connectivity index (χ1n) is 12.0. The second kappa shape index (κ2) is 12.4. The summed E-state index contributed by atoms with van der Waals surface area (Å²) < 4.78 is 2.94. The molecule has 0 spiro atoms. The van der Waals surface area contributed by atoms with Gasteiger partial charge in [-0.1, -0.05) is 89.7 Å². The van der Waals surface area contributed by atoms with E-state index in [0.29, 0.717) is 23.1 Å². The van der Waals surface area contributed by atoms with Crippen LogP contribution in [0.25, 0.3) is 10.2 Å². The zero-order valence-corrected chi connectivity index (χ0v) is 22.8. The summed E-state index contributed by atoms with van der Waals surface area (Å²) in [5.41, 5.74) is 4.16. The molecule has 1 amide bonds. The molecule has 3 aromatic carbocycles. The van der Waals surface area contributed by atoms with E-state index < -0.39 is 0 Å². The Morgan fingerprint density at radius 3 is 2.30 bits per heavy atom. The highest BCUT2D eigenvalue weighted by atomic mass is 35.5. The zero-order chi connectivity index (χ0) is 24.9. The number of anilines is 1. The Labute approximate surface area is 232 Å². The van der Waals surface area contributed by atoms with E-state index in [4.69, 9.17) is 16.6 Å². The average Bonchev–Trinajstić information content (AvgIpc) is 3.59. The largest absolute Gasteiger partial charge is 0.337 e. The zero-order valence-electron chi connectivity index (χ0n) is 20.5. The van der Waals surface area contributed by atoms with Crippen LogP contribution in [0.3, 0.4) is 0 Å². The fourth-order valence-corrected chi connectivity index (χ4v) is 5.81. The van der Waals surface area contributed by atoms with Gasteiger partial charge in [-0.2, -0.15) is 0 Å². The summed E-state index contributed by atoms with van der Waals surface area (Å²) in [4.78, 5) is 24.8. The number of aryl methyl sites for hydroxylation is 2. The van der Waals surface area contributed by atoms with Crippen molar-refractivity contribution >= 4 is 56.6 Å². The van der Waals surface area contributed by atoms with E-state index in [0.717, 1.165) is 39.9 Å². The fourth-order valence-electron chi connectivity index (χ4n) is 4.45. The molecule has 5 nitrogen and oxygen atoms in total. The molecule has 0 unspecified atom stereocenters. The molecule has 0 saturated heterocycles. The molecule has 37 heavy (non-hydrogen) atoms. The molecule has 0 aliphatic heterocycles. The lowest BCUT2D eigenvalue weighted by atomic mass is 9.88. The number of carbonyl (C=O) groups excluding carboxylic acids is 1. The maximum Gasteiger partial charge on any atom is 0.229 e. The summed E-state index contributed by atoms with van der Waals surface area (Å²) in [7, 11) is 0. The predicted molar refractivity (Wildman–Crippen MR) is 155 cm³/mol. The number of nitrogens with zero attached hydrogens (tertiary/aromatic N) is 4. The van der Waals surface area contributed by atoms with Gasteiger partial charge >= 0.3 is 0 Å². The van der Waals surface area contributed by atoms with Gasteiger partial charge in [0.15, 0.2) is 5.13 Å². The molecule has 0 aliphatic carbocycles. The molecule has 5 rings (SSSR count). The first-order chi connectivity index (χ1) is 17.6. The number of aromatic nitrogens is 3. The molecule has 0 bridgehead atoms. The van der Waals surface area contributed by atoms with Crippen LogP contribution in [-0.2, 0) is 11.3 Å². The molecule has 0 N–H and O–H groups in total. The lowest BCUT2D eigenvalue weighted by molar-refractivity contribution is -0.118. The van der Waals surface area contributed by atoms with Crippen LogP contribution in [0.2, 0.25) is 5.02 Å². The first-order valence-corrected chi connectivity index (χ1v) is 13.2. The van der Waals surface area contributed by atoms with Crippen molar-refractivity contribution in [1.29, 1.82) is 0 Å². The highest BCUT2D eigenvalue weighted by Gasteiger charge is 2.25. The molecule has 2 aromatic heterocycles. The fraction of sp³-hybridized carbons (Fsp3) is 0.207. The Kier molecular flexibility index (Phi) is 8.98. The number of fused-ring (bicyclic) bond motifs is 1. The highest BCUT2D eigenvalue weighted by Crippen LogP contribution is 2.37. The van der Waals surface area contributed by atoms with Crippen LogP contribution in [0.15, 0.2) is 91.5 Å². The van der Waals surface area contributed by atoms with Crippen molar-refractivity contribution in [2.75, 3.05) is 11.4 Å². The van der Waals surface area contributed by atoms with Gasteiger partial charge in [0.25, 0.3) is 0 Å². The van der Waals surface area contributed by atoms with Crippen molar-refractivity contribution in [3.63, 3.8) is 0 Å². The second-order valence-corrected chi connectivity index (χ2v) is 10.2. The van der Waals surface area contributed by atoms with Crippen LogP contribution in [0.5, 0.6) is 0 Å². The van der Waals surface area contributed by atoms with Gasteiger partial charge < -0.3 is 4.57 Å². The molecule has 0 radical (unpaired) electrons. The Hall–Kier alpha value is -3.19. The Bertz CT molecular complexity index is 1360. The number of imidazole rings is 1. The summed E-state index contributed by atoms with van der Waals surface area (Å²) in [6, 6.07) is 24.3. The Morgan fingerprint density at radius 2 is 1.70 bits per heavy atom. The average molecular weight is 552 g/mol. The number of thiazole rings is 1. The standard InChI is InChI=1S/C29H27ClN4OS.ClH/c1-21-13-14-25(30)28-27(21)32-29(36-28)34(17-8-16-33-18-15-31-20-33)26(35)19-24(22-9-4-2-5-10-22)23-11-6-3-7-12-23;/h2-7,9-15,18,20,24H,8,16-17,19H2,1H3;1H. The lowest BCUT2D eigenvalue weighted by Crippen LogP contribution is -2.33. The first kappa shape index (κ1) is 26.9. The van der Waals surface area contributed by atoms with E-state index in [-0.39, 0.29) is 24.2 Å². The summed E-state index contributed by atoms with van der Waals surface area (Å²) in [5, 5.41) is 1.35. The third kappa shape index (κ3) is 6.21. The highest BCUT2D eigenvalue weighted by molar-refractivity contribution is 7.23. The summed E-state index contributed by atoms with van der Waals surface area (Å²) in [6.45, 7) is 3.35. The molecule has 0 atom stereocenters. The molecule has 0 aliphatic rings. The molecule has 0 saturated carbocycles. The quantitative estimate of drug-likeness (QED) is 0.190. The third-order valence-electron chi connectivity index (χ3n) is 6.36. The smallest absolute Gasteiger partial charge is 0.229 e.